The van der Waals surface area contributed by atoms with Crippen LogP contribution < -0.4 is 0 Å². The summed E-state index contributed by atoms with van der Waals surface area (Å²) < 4.78 is 4.06. The third-order valence-corrected chi connectivity index (χ3v) is 4.83. The van der Waals surface area contributed by atoms with Gasteiger partial charge in [-0.1, -0.05) is 11.6 Å². The van der Waals surface area contributed by atoms with Gasteiger partial charge in [0, 0.05) is 17.8 Å². The summed E-state index contributed by atoms with van der Waals surface area (Å²) in [5.41, 5.74) is 7.92. The highest BCUT2D eigenvalue weighted by Gasteiger charge is 2.21. The number of imidazole rings is 1. The number of halogens is 1. The minimum Gasteiger partial charge on any atom is -0.289 e. The Balaban J connectivity index is 2.25. The van der Waals surface area contributed by atoms with E-state index in [1.54, 1.807) is 0 Å². The number of benzene rings is 1. The van der Waals surface area contributed by atoms with E-state index in [0.29, 0.717) is 5.02 Å². The first-order valence-electron chi connectivity index (χ1n) is 7.84. The Morgan fingerprint density at radius 1 is 0.958 bits per heavy atom. The lowest BCUT2D eigenvalue weighted by Gasteiger charge is -2.09. The number of aromatic nitrogens is 5. The number of aryl methyl sites for hydroxylation is 4. The lowest BCUT2D eigenvalue weighted by molar-refractivity contribution is 0.731. The molecule has 0 atom stereocenters. The minimum atomic E-state index is 0.686. The smallest absolute Gasteiger partial charge is 0.149 e. The second-order valence-electron chi connectivity index (χ2n) is 6.20. The van der Waals surface area contributed by atoms with Crippen LogP contribution in [-0.2, 0) is 7.05 Å². The van der Waals surface area contributed by atoms with Crippen molar-refractivity contribution in [2.45, 2.75) is 27.7 Å². The summed E-state index contributed by atoms with van der Waals surface area (Å²) in [4.78, 5) is 9.58. The molecule has 4 rings (SSSR count). The second kappa shape index (κ2) is 5.05. The Labute approximate surface area is 144 Å². The maximum absolute atomic E-state index is 6.25. The highest BCUT2D eigenvalue weighted by Crippen LogP contribution is 2.32. The predicted octanol–water partition coefficient (Wildman–Crippen LogP) is 4.17. The van der Waals surface area contributed by atoms with Crippen molar-refractivity contribution in [3.05, 3.63) is 46.0 Å². The molecule has 3 heterocycles. The van der Waals surface area contributed by atoms with Gasteiger partial charge in [-0.15, -0.1) is 0 Å². The van der Waals surface area contributed by atoms with Crippen molar-refractivity contribution in [2.24, 2.45) is 7.05 Å². The van der Waals surface area contributed by atoms with Crippen molar-refractivity contribution in [1.82, 2.24) is 24.1 Å². The first-order valence-corrected chi connectivity index (χ1v) is 8.21. The molecule has 0 aliphatic carbocycles. The standard InChI is InChI=1S/C18H18ClN5/c1-9-16(12(4)23(5)22-9)18-21-11(3)17-10(2)20-14-7-6-13(19)8-15(14)24(17)18/h6-8H,1-5H3. The van der Waals surface area contributed by atoms with E-state index in [1.807, 2.05) is 50.7 Å². The number of hydrogen-bond donors (Lipinski definition) is 0. The van der Waals surface area contributed by atoms with E-state index < -0.39 is 0 Å². The third-order valence-electron chi connectivity index (χ3n) is 4.59. The Bertz CT molecular complexity index is 1120. The topological polar surface area (TPSA) is 48.0 Å². The molecular formula is C18H18ClN5. The predicted molar refractivity (Wildman–Crippen MR) is 96.7 cm³/mol. The molecule has 0 aliphatic rings. The molecule has 0 bridgehead atoms. The largest absolute Gasteiger partial charge is 0.289 e. The van der Waals surface area contributed by atoms with E-state index in [2.05, 4.69) is 16.4 Å². The van der Waals surface area contributed by atoms with Crippen molar-refractivity contribution in [2.75, 3.05) is 0 Å². The van der Waals surface area contributed by atoms with Crippen LogP contribution in [0, 0.1) is 27.7 Å². The summed E-state index contributed by atoms with van der Waals surface area (Å²) >= 11 is 6.25. The van der Waals surface area contributed by atoms with E-state index in [9.17, 15) is 0 Å². The van der Waals surface area contributed by atoms with Crippen molar-refractivity contribution in [1.29, 1.82) is 0 Å². The van der Waals surface area contributed by atoms with Crippen LogP contribution >= 0.6 is 11.6 Å². The van der Waals surface area contributed by atoms with Gasteiger partial charge in [-0.3, -0.25) is 9.08 Å². The van der Waals surface area contributed by atoms with E-state index in [1.165, 1.54) is 0 Å². The molecule has 0 radical (unpaired) electrons. The van der Waals surface area contributed by atoms with Gasteiger partial charge in [0.15, 0.2) is 0 Å². The van der Waals surface area contributed by atoms with Crippen LogP contribution in [0.25, 0.3) is 27.9 Å². The molecule has 6 heteroatoms. The van der Waals surface area contributed by atoms with Crippen LogP contribution in [0.5, 0.6) is 0 Å². The zero-order valence-electron chi connectivity index (χ0n) is 14.3. The summed E-state index contributed by atoms with van der Waals surface area (Å²) in [5.74, 6) is 0.892. The highest BCUT2D eigenvalue weighted by molar-refractivity contribution is 6.31. The molecule has 4 aromatic rings. The molecule has 0 spiro atoms. The van der Waals surface area contributed by atoms with Crippen LogP contribution in [0.15, 0.2) is 18.2 Å². The minimum absolute atomic E-state index is 0.686. The van der Waals surface area contributed by atoms with Crippen molar-refractivity contribution in [3.63, 3.8) is 0 Å². The fourth-order valence-corrected chi connectivity index (χ4v) is 3.62. The van der Waals surface area contributed by atoms with Crippen LogP contribution in [0.4, 0.5) is 0 Å². The van der Waals surface area contributed by atoms with Crippen LogP contribution in [-0.4, -0.2) is 24.1 Å². The zero-order chi connectivity index (χ0) is 17.2. The number of rotatable bonds is 1. The molecule has 0 saturated carbocycles. The van der Waals surface area contributed by atoms with Crippen LogP contribution in [0.2, 0.25) is 5.02 Å². The van der Waals surface area contributed by atoms with Gasteiger partial charge in [-0.25, -0.2) is 9.97 Å². The summed E-state index contributed by atoms with van der Waals surface area (Å²) in [6.07, 6.45) is 0. The maximum atomic E-state index is 6.25. The fourth-order valence-electron chi connectivity index (χ4n) is 3.46. The molecule has 24 heavy (non-hydrogen) atoms. The van der Waals surface area contributed by atoms with Gasteiger partial charge >= 0.3 is 0 Å². The van der Waals surface area contributed by atoms with E-state index in [0.717, 1.165) is 50.7 Å². The first-order chi connectivity index (χ1) is 11.4. The number of hydrogen-bond acceptors (Lipinski definition) is 3. The lowest BCUT2D eigenvalue weighted by Crippen LogP contribution is -1.99. The summed E-state index contributed by atoms with van der Waals surface area (Å²) in [5, 5.41) is 5.23. The van der Waals surface area contributed by atoms with Crippen molar-refractivity contribution >= 4 is 28.2 Å². The van der Waals surface area contributed by atoms with Gasteiger partial charge in [0.05, 0.1) is 39.2 Å². The first kappa shape index (κ1) is 15.1. The Kier molecular flexibility index (Phi) is 3.18. The Hall–Kier alpha value is -2.40. The SMILES string of the molecule is Cc1nn(C)c(C)c1-c1nc(C)c2c(C)nc3ccc(Cl)cc3n12. The molecule has 5 nitrogen and oxygen atoms in total. The molecule has 0 fully saturated rings. The Morgan fingerprint density at radius 2 is 1.67 bits per heavy atom. The third kappa shape index (κ3) is 1.97. The molecule has 3 aromatic heterocycles. The molecule has 0 saturated heterocycles. The average Bonchev–Trinajstić information content (AvgIpc) is 2.98. The van der Waals surface area contributed by atoms with E-state index in [4.69, 9.17) is 21.6 Å². The summed E-state index contributed by atoms with van der Waals surface area (Å²) in [6.45, 7) is 8.12. The van der Waals surface area contributed by atoms with E-state index >= 15 is 0 Å². The van der Waals surface area contributed by atoms with E-state index in [-0.39, 0.29) is 0 Å². The Morgan fingerprint density at radius 3 is 2.33 bits per heavy atom. The summed E-state index contributed by atoms with van der Waals surface area (Å²) in [6, 6.07) is 5.76. The molecular weight excluding hydrogens is 322 g/mol. The normalized spacial score (nSPS) is 11.8. The fraction of sp³-hybridized carbons (Fsp3) is 0.278. The van der Waals surface area contributed by atoms with Crippen molar-refractivity contribution < 1.29 is 0 Å². The molecule has 0 unspecified atom stereocenters. The molecule has 0 aliphatic heterocycles. The van der Waals surface area contributed by atoms with Gasteiger partial charge in [-0.05, 0) is 45.9 Å². The number of nitrogens with zero attached hydrogens (tertiary/aromatic N) is 5. The lowest BCUT2D eigenvalue weighted by atomic mass is 10.2. The van der Waals surface area contributed by atoms with Gasteiger partial charge in [0.2, 0.25) is 0 Å². The van der Waals surface area contributed by atoms with Crippen LogP contribution in [0.3, 0.4) is 0 Å². The van der Waals surface area contributed by atoms with Crippen molar-refractivity contribution in [3.8, 4) is 11.4 Å². The van der Waals surface area contributed by atoms with Gasteiger partial charge < -0.3 is 0 Å². The molecule has 1 aromatic carbocycles. The number of fused-ring (bicyclic) bond motifs is 3. The molecule has 0 amide bonds. The van der Waals surface area contributed by atoms with Gasteiger partial charge in [-0.2, -0.15) is 5.10 Å². The molecule has 122 valence electrons. The maximum Gasteiger partial charge on any atom is 0.149 e. The van der Waals surface area contributed by atoms with Crippen LogP contribution in [0.1, 0.15) is 22.8 Å². The second-order valence-corrected chi connectivity index (χ2v) is 6.64. The zero-order valence-corrected chi connectivity index (χ0v) is 15.1. The quantitative estimate of drug-likeness (QED) is 0.523. The highest BCUT2D eigenvalue weighted by atomic mass is 35.5. The van der Waals surface area contributed by atoms with Gasteiger partial charge in [0.1, 0.15) is 5.82 Å². The summed E-state index contributed by atoms with van der Waals surface area (Å²) in [7, 11) is 1.95. The molecule has 0 N–H and O–H groups in total. The average molecular weight is 340 g/mol. The van der Waals surface area contributed by atoms with Gasteiger partial charge in [0.25, 0.3) is 0 Å². The monoisotopic (exact) mass is 339 g/mol.